The summed E-state index contributed by atoms with van der Waals surface area (Å²) in [5, 5.41) is 58.8. The molecule has 1 aromatic heterocycles. The molecule has 0 radical (unpaired) electrons. The Labute approximate surface area is 193 Å². The van der Waals surface area contributed by atoms with E-state index in [0.29, 0.717) is 12.4 Å². The maximum Gasteiger partial charge on any atom is 0.171 e. The Morgan fingerprint density at radius 3 is 2.09 bits per heavy atom. The highest BCUT2D eigenvalue weighted by molar-refractivity contribution is 5.37. The first kappa shape index (κ1) is 24.0. The van der Waals surface area contributed by atoms with E-state index in [1.165, 1.54) is 10.5 Å². The van der Waals surface area contributed by atoms with Gasteiger partial charge in [0, 0.05) is 39.8 Å². The second kappa shape index (κ2) is 10.0. The third kappa shape index (κ3) is 5.19. The lowest BCUT2D eigenvalue weighted by Crippen LogP contribution is -2.68. The number of nitrogens with zero attached hydrogens (tertiary/aromatic N) is 6. The average Bonchev–Trinajstić information content (AvgIpc) is 3.27. The lowest BCUT2D eigenvalue weighted by atomic mass is 9.82. The van der Waals surface area contributed by atoms with Gasteiger partial charge in [-0.15, -0.1) is 5.10 Å². The number of rotatable bonds is 6. The molecular weight excluding hydrogens is 428 g/mol. The van der Waals surface area contributed by atoms with E-state index in [1.807, 2.05) is 12.1 Å². The molecule has 182 valence electrons. The lowest BCUT2D eigenvalue weighted by molar-refractivity contribution is -0.185. The molecule has 33 heavy (non-hydrogen) atoms. The van der Waals surface area contributed by atoms with Gasteiger partial charge in [0.15, 0.2) is 5.82 Å². The van der Waals surface area contributed by atoms with Crippen molar-refractivity contribution in [3.8, 4) is 0 Å². The molecule has 1 aliphatic heterocycles. The van der Waals surface area contributed by atoms with Crippen LogP contribution in [0.15, 0.2) is 30.5 Å². The Balaban J connectivity index is 1.41. The van der Waals surface area contributed by atoms with E-state index in [2.05, 4.69) is 39.3 Å². The van der Waals surface area contributed by atoms with E-state index < -0.39 is 36.6 Å². The topological polar surface area (TPSA) is 142 Å². The maximum atomic E-state index is 10.4. The van der Waals surface area contributed by atoms with Crippen LogP contribution in [-0.4, -0.2) is 127 Å². The molecule has 2 heterocycles. The second-order valence-electron chi connectivity index (χ2n) is 9.23. The first-order valence-corrected chi connectivity index (χ1v) is 11.3. The number of likely N-dealkylation sites (N-methyl/N-ethyl adjacent to an activating group) is 2. The van der Waals surface area contributed by atoms with Gasteiger partial charge in [-0.1, -0.05) is 29.5 Å². The number of aromatic nitrogens is 3. The predicted molar refractivity (Wildman–Crippen MR) is 121 cm³/mol. The molecule has 11 nitrogen and oxygen atoms in total. The van der Waals surface area contributed by atoms with E-state index in [4.69, 9.17) is 0 Å². The third-order valence-electron chi connectivity index (χ3n) is 6.77. The van der Waals surface area contributed by atoms with Crippen molar-refractivity contribution in [2.75, 3.05) is 45.2 Å². The van der Waals surface area contributed by atoms with Gasteiger partial charge < -0.3 is 35.3 Å². The molecule has 5 N–H and O–H groups in total. The summed E-state index contributed by atoms with van der Waals surface area (Å²) < 4.78 is 1.66. The molecule has 2 aliphatic rings. The molecule has 1 saturated heterocycles. The molecule has 11 heteroatoms. The van der Waals surface area contributed by atoms with Gasteiger partial charge in [0.05, 0.1) is 18.8 Å². The van der Waals surface area contributed by atoms with Crippen molar-refractivity contribution < 1.29 is 25.5 Å². The molecule has 4 atom stereocenters. The summed E-state index contributed by atoms with van der Waals surface area (Å²) >= 11 is 0. The normalized spacial score (nSPS) is 31.6. The van der Waals surface area contributed by atoms with Crippen molar-refractivity contribution in [1.29, 1.82) is 0 Å². The smallest absolute Gasteiger partial charge is 0.171 e. The minimum atomic E-state index is -1.63. The highest BCUT2D eigenvalue weighted by atomic mass is 16.4. The van der Waals surface area contributed by atoms with Crippen LogP contribution in [-0.2, 0) is 13.1 Å². The predicted octanol–water partition coefficient (Wildman–Crippen LogP) is -2.30. The van der Waals surface area contributed by atoms with Gasteiger partial charge in [-0.05, 0) is 18.2 Å². The Morgan fingerprint density at radius 1 is 0.879 bits per heavy atom. The Morgan fingerprint density at radius 2 is 1.45 bits per heavy atom. The van der Waals surface area contributed by atoms with Crippen LogP contribution in [0.4, 0.5) is 5.82 Å². The molecule has 4 unspecified atom stereocenters. The highest BCUT2D eigenvalue weighted by Crippen LogP contribution is 2.27. The summed E-state index contributed by atoms with van der Waals surface area (Å²) in [7, 11) is 3.73. The first-order chi connectivity index (χ1) is 15.7. The summed E-state index contributed by atoms with van der Waals surface area (Å²) in [6, 6.07) is 7.29. The summed E-state index contributed by atoms with van der Waals surface area (Å²) in [4.78, 5) is 6.24. The average molecular weight is 463 g/mol. The van der Waals surface area contributed by atoms with Crippen LogP contribution in [0, 0.1) is 0 Å². The van der Waals surface area contributed by atoms with Crippen LogP contribution in [0.25, 0.3) is 0 Å². The second-order valence-corrected chi connectivity index (χ2v) is 9.23. The monoisotopic (exact) mass is 462 g/mol. The van der Waals surface area contributed by atoms with E-state index in [9.17, 15) is 25.5 Å². The molecule has 1 saturated carbocycles. The lowest BCUT2D eigenvalue weighted by Gasteiger charge is -2.45. The van der Waals surface area contributed by atoms with Crippen LogP contribution in [0.2, 0.25) is 0 Å². The van der Waals surface area contributed by atoms with Crippen molar-refractivity contribution in [3.63, 3.8) is 0 Å². The molecule has 4 rings (SSSR count). The molecule has 1 aliphatic carbocycles. The molecule has 0 bridgehead atoms. The van der Waals surface area contributed by atoms with Crippen molar-refractivity contribution in [3.05, 3.63) is 41.6 Å². The standard InChI is InChI=1S/C22H34N6O5/c1-25-6-8-27(9-7-25)11-14-4-3-5-15(10-14)12-28-13-16(23-24-28)26(2)17-18(29)20(31)22(33)21(32)19(17)30/h3-5,10,13,17-22,29-33H,6-9,11-12H2,1-2H3. The Hall–Kier alpha value is -2.12. The van der Waals surface area contributed by atoms with Crippen molar-refractivity contribution in [1.82, 2.24) is 24.8 Å². The molecule has 0 amide bonds. The Bertz CT molecular complexity index is 904. The van der Waals surface area contributed by atoms with Gasteiger partial charge in [0.1, 0.15) is 30.5 Å². The number of anilines is 1. The van der Waals surface area contributed by atoms with Gasteiger partial charge in [0.25, 0.3) is 0 Å². The zero-order chi connectivity index (χ0) is 23.7. The van der Waals surface area contributed by atoms with E-state index in [0.717, 1.165) is 38.3 Å². The third-order valence-corrected chi connectivity index (χ3v) is 6.77. The van der Waals surface area contributed by atoms with Gasteiger partial charge in [-0.3, -0.25) is 4.90 Å². The summed E-state index contributed by atoms with van der Waals surface area (Å²) in [5.74, 6) is 0.363. The molecule has 2 aromatic rings. The van der Waals surface area contributed by atoms with Crippen LogP contribution in [0.3, 0.4) is 0 Å². The number of piperazine rings is 1. The quantitative estimate of drug-likeness (QED) is 0.318. The Kier molecular flexibility index (Phi) is 7.29. The number of aliphatic hydroxyl groups is 5. The molecule has 2 fully saturated rings. The largest absolute Gasteiger partial charge is 0.388 e. The fraction of sp³-hybridized carbons (Fsp3) is 0.636. The summed E-state index contributed by atoms with van der Waals surface area (Å²) in [5.41, 5.74) is 2.32. The van der Waals surface area contributed by atoms with E-state index in [-0.39, 0.29) is 0 Å². The van der Waals surface area contributed by atoms with Gasteiger partial charge in [-0.2, -0.15) is 0 Å². The van der Waals surface area contributed by atoms with Crippen LogP contribution in [0.1, 0.15) is 11.1 Å². The van der Waals surface area contributed by atoms with E-state index >= 15 is 0 Å². The SMILES string of the molecule is CN1CCN(Cc2cccc(Cn3cc(N(C)C4C(O)C(O)C(O)C(O)C4O)nn3)c2)CC1. The highest BCUT2D eigenvalue weighted by Gasteiger charge is 2.50. The first-order valence-electron chi connectivity index (χ1n) is 11.3. The van der Waals surface area contributed by atoms with E-state index in [1.54, 1.807) is 17.9 Å². The number of hydrogen-bond donors (Lipinski definition) is 5. The van der Waals surface area contributed by atoms with Crippen LogP contribution in [0.5, 0.6) is 0 Å². The zero-order valence-corrected chi connectivity index (χ0v) is 19.0. The molecule has 1 aromatic carbocycles. The van der Waals surface area contributed by atoms with Gasteiger partial charge in [0.2, 0.25) is 0 Å². The maximum absolute atomic E-state index is 10.4. The van der Waals surface area contributed by atoms with Crippen LogP contribution < -0.4 is 4.90 Å². The fourth-order valence-corrected chi connectivity index (χ4v) is 4.63. The van der Waals surface area contributed by atoms with Crippen molar-refractivity contribution in [2.24, 2.45) is 0 Å². The summed E-state index contributed by atoms with van der Waals surface area (Å²) in [6.07, 6.45) is -6.08. The molecular formula is C22H34N6O5. The zero-order valence-electron chi connectivity index (χ0n) is 19.0. The van der Waals surface area contributed by atoms with Crippen molar-refractivity contribution >= 4 is 5.82 Å². The number of aliphatic hydroxyl groups excluding tert-OH is 5. The molecule has 0 spiro atoms. The number of benzene rings is 1. The minimum Gasteiger partial charge on any atom is -0.388 e. The number of hydrogen-bond acceptors (Lipinski definition) is 10. The minimum absolute atomic E-state index is 0.363. The fourth-order valence-electron chi connectivity index (χ4n) is 4.63. The van der Waals surface area contributed by atoms with Gasteiger partial charge >= 0.3 is 0 Å². The van der Waals surface area contributed by atoms with Crippen molar-refractivity contribution in [2.45, 2.75) is 49.7 Å². The summed E-state index contributed by atoms with van der Waals surface area (Å²) in [6.45, 7) is 5.66. The van der Waals surface area contributed by atoms with Crippen LogP contribution >= 0.6 is 0 Å². The van der Waals surface area contributed by atoms with Gasteiger partial charge in [-0.25, -0.2) is 4.68 Å².